The molecule has 1 heterocycles. The molecular formula is C22H36N2O3. The van der Waals surface area contributed by atoms with Gasteiger partial charge in [0.25, 0.3) is 0 Å². The molecular weight excluding hydrogens is 340 g/mol. The van der Waals surface area contributed by atoms with Gasteiger partial charge in [0, 0.05) is 31.2 Å². The summed E-state index contributed by atoms with van der Waals surface area (Å²) in [6, 6.07) is 8.25. The number of rotatable bonds is 10. The van der Waals surface area contributed by atoms with Crippen molar-refractivity contribution in [1.29, 1.82) is 0 Å². The average Bonchev–Trinajstić information content (AvgIpc) is 2.63. The van der Waals surface area contributed by atoms with E-state index in [4.69, 9.17) is 9.47 Å². The average molecular weight is 377 g/mol. The van der Waals surface area contributed by atoms with Crippen LogP contribution in [0, 0.1) is 5.92 Å². The van der Waals surface area contributed by atoms with Crippen molar-refractivity contribution in [3.63, 3.8) is 0 Å². The van der Waals surface area contributed by atoms with E-state index in [1.807, 2.05) is 26.0 Å². The highest BCUT2D eigenvalue weighted by Crippen LogP contribution is 2.24. The number of para-hydroxylation sites is 1. The van der Waals surface area contributed by atoms with Crippen LogP contribution in [0.5, 0.6) is 5.75 Å². The highest BCUT2D eigenvalue weighted by molar-refractivity contribution is 5.78. The van der Waals surface area contributed by atoms with E-state index >= 15 is 0 Å². The van der Waals surface area contributed by atoms with Crippen LogP contribution in [-0.2, 0) is 16.1 Å². The van der Waals surface area contributed by atoms with Gasteiger partial charge in [-0.15, -0.1) is 0 Å². The first-order chi connectivity index (χ1) is 13.0. The Morgan fingerprint density at radius 2 is 1.85 bits per heavy atom. The maximum absolute atomic E-state index is 12.3. The van der Waals surface area contributed by atoms with Crippen LogP contribution in [0.4, 0.5) is 0 Å². The second-order valence-corrected chi connectivity index (χ2v) is 7.89. The minimum atomic E-state index is 0.134. The molecule has 152 valence electrons. The fourth-order valence-corrected chi connectivity index (χ4v) is 3.34. The van der Waals surface area contributed by atoms with E-state index in [1.54, 1.807) is 0 Å². The summed E-state index contributed by atoms with van der Waals surface area (Å²) in [6.45, 7) is 12.3. The Hall–Kier alpha value is -1.59. The number of benzene rings is 1. The molecule has 0 atom stereocenters. The summed E-state index contributed by atoms with van der Waals surface area (Å²) in [5, 5.41) is 3.06. The molecule has 1 fully saturated rings. The first kappa shape index (κ1) is 21.7. The first-order valence-electron chi connectivity index (χ1n) is 10.3. The Morgan fingerprint density at radius 1 is 1.15 bits per heavy atom. The molecule has 0 unspecified atom stereocenters. The Balaban J connectivity index is 1.72. The van der Waals surface area contributed by atoms with E-state index in [0.717, 1.165) is 44.6 Å². The number of likely N-dealkylation sites (tertiary alicyclic amines) is 1. The van der Waals surface area contributed by atoms with Gasteiger partial charge in [-0.05, 0) is 66.1 Å². The molecule has 1 aliphatic heterocycles. The third kappa shape index (κ3) is 7.89. The second kappa shape index (κ2) is 11.3. The van der Waals surface area contributed by atoms with Gasteiger partial charge in [0.05, 0.1) is 12.2 Å². The molecule has 0 radical (unpaired) electrons. The van der Waals surface area contributed by atoms with Gasteiger partial charge < -0.3 is 14.8 Å². The molecule has 1 aromatic carbocycles. The van der Waals surface area contributed by atoms with Crippen LogP contribution in [0.25, 0.3) is 0 Å². The van der Waals surface area contributed by atoms with Crippen molar-refractivity contribution in [2.24, 2.45) is 5.92 Å². The zero-order valence-electron chi connectivity index (χ0n) is 17.4. The van der Waals surface area contributed by atoms with Gasteiger partial charge in [-0.25, -0.2) is 0 Å². The third-order valence-electron chi connectivity index (χ3n) is 4.76. The molecule has 0 aliphatic carbocycles. The monoisotopic (exact) mass is 376 g/mol. The maximum Gasteiger partial charge on any atom is 0.223 e. The number of ether oxygens (including phenoxy) is 2. The number of hydrogen-bond acceptors (Lipinski definition) is 4. The van der Waals surface area contributed by atoms with Gasteiger partial charge in [-0.1, -0.05) is 18.2 Å². The predicted octanol–water partition coefficient (Wildman–Crippen LogP) is 3.62. The van der Waals surface area contributed by atoms with Crippen LogP contribution in [0.2, 0.25) is 0 Å². The van der Waals surface area contributed by atoms with E-state index in [2.05, 4.69) is 36.2 Å². The van der Waals surface area contributed by atoms with Crippen LogP contribution in [-0.4, -0.2) is 49.3 Å². The summed E-state index contributed by atoms with van der Waals surface area (Å²) in [7, 11) is 0. The van der Waals surface area contributed by atoms with Crippen molar-refractivity contribution in [3.8, 4) is 5.75 Å². The van der Waals surface area contributed by atoms with Crippen LogP contribution in [0.15, 0.2) is 24.3 Å². The number of nitrogens with one attached hydrogen (secondary N) is 1. The highest BCUT2D eigenvalue weighted by atomic mass is 16.5. The number of carbonyl (C=O) groups is 1. The van der Waals surface area contributed by atoms with Gasteiger partial charge in [0.1, 0.15) is 5.75 Å². The lowest BCUT2D eigenvalue weighted by atomic mass is 9.95. The lowest BCUT2D eigenvalue weighted by molar-refractivity contribution is -0.126. The molecule has 27 heavy (non-hydrogen) atoms. The molecule has 5 heteroatoms. The minimum absolute atomic E-state index is 0.134. The molecule has 0 bridgehead atoms. The molecule has 2 rings (SSSR count). The zero-order chi connectivity index (χ0) is 19.6. The number of hydrogen-bond donors (Lipinski definition) is 1. The minimum Gasteiger partial charge on any atom is -0.491 e. The molecule has 0 saturated carbocycles. The topological polar surface area (TPSA) is 50.8 Å². The van der Waals surface area contributed by atoms with Gasteiger partial charge in [-0.2, -0.15) is 0 Å². The van der Waals surface area contributed by atoms with Gasteiger partial charge in [0.2, 0.25) is 5.91 Å². The predicted molar refractivity (Wildman–Crippen MR) is 109 cm³/mol. The molecule has 1 N–H and O–H groups in total. The van der Waals surface area contributed by atoms with Gasteiger partial charge in [-0.3, -0.25) is 9.69 Å². The van der Waals surface area contributed by atoms with Crippen molar-refractivity contribution >= 4 is 5.91 Å². The second-order valence-electron chi connectivity index (χ2n) is 7.89. The fraction of sp³-hybridized carbons (Fsp3) is 0.682. The lowest BCUT2D eigenvalue weighted by Crippen LogP contribution is -2.40. The number of amides is 1. The molecule has 0 spiro atoms. The van der Waals surface area contributed by atoms with Crippen LogP contribution < -0.4 is 10.1 Å². The van der Waals surface area contributed by atoms with Crippen molar-refractivity contribution in [2.45, 2.75) is 65.7 Å². The molecule has 5 nitrogen and oxygen atoms in total. The zero-order valence-corrected chi connectivity index (χ0v) is 17.4. The van der Waals surface area contributed by atoms with Crippen molar-refractivity contribution in [3.05, 3.63) is 29.8 Å². The van der Waals surface area contributed by atoms with Crippen molar-refractivity contribution in [1.82, 2.24) is 10.2 Å². The molecule has 0 aromatic heterocycles. The SMILES string of the molecule is CC(C)OCCCNC(=O)C1CCN(Cc2ccccc2OC(C)C)CC1. The summed E-state index contributed by atoms with van der Waals surface area (Å²) in [5.74, 6) is 1.30. The molecule has 1 amide bonds. The van der Waals surface area contributed by atoms with E-state index < -0.39 is 0 Å². The normalized spacial score (nSPS) is 16.1. The summed E-state index contributed by atoms with van der Waals surface area (Å²) < 4.78 is 11.4. The number of piperidine rings is 1. The fourth-order valence-electron chi connectivity index (χ4n) is 3.34. The van der Waals surface area contributed by atoms with Crippen LogP contribution in [0.1, 0.15) is 52.5 Å². The van der Waals surface area contributed by atoms with E-state index in [9.17, 15) is 4.79 Å². The lowest BCUT2D eigenvalue weighted by Gasteiger charge is -2.31. The van der Waals surface area contributed by atoms with Crippen LogP contribution >= 0.6 is 0 Å². The van der Waals surface area contributed by atoms with Gasteiger partial charge in [0.15, 0.2) is 0 Å². The Bertz CT molecular complexity index is 566. The highest BCUT2D eigenvalue weighted by Gasteiger charge is 2.25. The van der Waals surface area contributed by atoms with E-state index in [0.29, 0.717) is 13.2 Å². The summed E-state index contributed by atoms with van der Waals surface area (Å²) >= 11 is 0. The smallest absolute Gasteiger partial charge is 0.223 e. The molecule has 1 saturated heterocycles. The van der Waals surface area contributed by atoms with Crippen molar-refractivity contribution < 1.29 is 14.3 Å². The van der Waals surface area contributed by atoms with E-state index in [-0.39, 0.29) is 24.0 Å². The van der Waals surface area contributed by atoms with Crippen molar-refractivity contribution in [2.75, 3.05) is 26.2 Å². The number of carbonyl (C=O) groups excluding carboxylic acids is 1. The van der Waals surface area contributed by atoms with E-state index in [1.165, 1.54) is 5.56 Å². The van der Waals surface area contributed by atoms with Gasteiger partial charge >= 0.3 is 0 Å². The maximum atomic E-state index is 12.3. The quantitative estimate of drug-likeness (QED) is 0.634. The molecule has 1 aliphatic rings. The Morgan fingerprint density at radius 3 is 2.52 bits per heavy atom. The standard InChI is InChI=1S/C22H36N2O3/c1-17(2)26-15-7-12-23-22(25)19-10-13-24(14-11-19)16-20-8-5-6-9-21(20)27-18(3)4/h5-6,8-9,17-19H,7,10-16H2,1-4H3,(H,23,25). The molecule has 1 aromatic rings. The Labute approximate surface area is 164 Å². The summed E-state index contributed by atoms with van der Waals surface area (Å²) in [6.07, 6.45) is 3.13. The number of nitrogens with zero attached hydrogens (tertiary/aromatic N) is 1. The Kier molecular flexibility index (Phi) is 9.08. The van der Waals surface area contributed by atoms with Crippen LogP contribution in [0.3, 0.4) is 0 Å². The third-order valence-corrected chi connectivity index (χ3v) is 4.76. The largest absolute Gasteiger partial charge is 0.491 e. The summed E-state index contributed by atoms with van der Waals surface area (Å²) in [4.78, 5) is 14.8. The first-order valence-corrected chi connectivity index (χ1v) is 10.3. The summed E-state index contributed by atoms with van der Waals surface area (Å²) in [5.41, 5.74) is 1.22.